The van der Waals surface area contributed by atoms with Crippen LogP contribution in [0.3, 0.4) is 0 Å². The quantitative estimate of drug-likeness (QED) is 0.635. The average Bonchev–Trinajstić information content (AvgIpc) is 3.40. The lowest BCUT2D eigenvalue weighted by molar-refractivity contribution is 0.287. The lowest BCUT2D eigenvalue weighted by Crippen LogP contribution is -2.20. The van der Waals surface area contributed by atoms with Gasteiger partial charge in [-0.25, -0.2) is 4.68 Å². The monoisotopic (exact) mass is 398 g/mol. The van der Waals surface area contributed by atoms with Gasteiger partial charge >= 0.3 is 0 Å². The standard InChI is InChI=1S/C20H22N4O3S/c1-26-16-8-7-13(11-17(16)27-2)15-12-14(18-5-4-10-28-18)21-20-22-19(6-3-9-25)23-24(15)20/h4-5,7-8,10-12,15,25H,3,6,9H2,1-2H3,(H,21,22,23). The molecule has 0 saturated carbocycles. The smallest absolute Gasteiger partial charge is 0.226 e. The number of aliphatic hydroxyl groups is 1. The van der Waals surface area contributed by atoms with Crippen LogP contribution in [0.1, 0.15) is 28.7 Å². The van der Waals surface area contributed by atoms with E-state index < -0.39 is 0 Å². The highest BCUT2D eigenvalue weighted by molar-refractivity contribution is 7.11. The van der Waals surface area contributed by atoms with Crippen LogP contribution in [0.25, 0.3) is 5.70 Å². The first kappa shape index (κ1) is 18.5. The highest BCUT2D eigenvalue weighted by Crippen LogP contribution is 2.37. The van der Waals surface area contributed by atoms with Gasteiger partial charge in [0.25, 0.3) is 0 Å². The van der Waals surface area contributed by atoms with Crippen molar-refractivity contribution in [2.75, 3.05) is 26.1 Å². The second-order valence-corrected chi connectivity index (χ2v) is 7.31. The van der Waals surface area contributed by atoms with Gasteiger partial charge in [0, 0.05) is 13.0 Å². The first-order chi connectivity index (χ1) is 13.7. The maximum Gasteiger partial charge on any atom is 0.226 e. The fourth-order valence-electron chi connectivity index (χ4n) is 3.23. The van der Waals surface area contributed by atoms with Crippen molar-refractivity contribution in [1.82, 2.24) is 14.8 Å². The van der Waals surface area contributed by atoms with Crippen LogP contribution in [0.5, 0.6) is 11.5 Å². The average molecular weight is 398 g/mol. The molecular formula is C20H22N4O3S. The van der Waals surface area contributed by atoms with E-state index >= 15 is 0 Å². The minimum atomic E-state index is -0.136. The Morgan fingerprint density at radius 1 is 1.21 bits per heavy atom. The summed E-state index contributed by atoms with van der Waals surface area (Å²) >= 11 is 1.67. The van der Waals surface area contributed by atoms with Gasteiger partial charge in [-0.05, 0) is 41.6 Å². The number of rotatable bonds is 7. The number of aliphatic hydroxyl groups excluding tert-OH is 1. The van der Waals surface area contributed by atoms with Crippen LogP contribution in [-0.2, 0) is 6.42 Å². The Hall–Kier alpha value is -2.84. The van der Waals surface area contributed by atoms with Crippen molar-refractivity contribution in [2.45, 2.75) is 18.9 Å². The van der Waals surface area contributed by atoms with Gasteiger partial charge < -0.3 is 19.9 Å². The Kier molecular flexibility index (Phi) is 5.31. The minimum absolute atomic E-state index is 0.120. The molecule has 1 unspecified atom stereocenters. The molecule has 0 bridgehead atoms. The second-order valence-electron chi connectivity index (χ2n) is 6.37. The molecule has 1 atom stereocenters. The first-order valence-corrected chi connectivity index (χ1v) is 9.92. The van der Waals surface area contributed by atoms with Gasteiger partial charge in [-0.15, -0.1) is 11.3 Å². The van der Waals surface area contributed by atoms with Crippen LogP contribution in [0.2, 0.25) is 0 Å². The van der Waals surface area contributed by atoms with E-state index in [9.17, 15) is 0 Å². The van der Waals surface area contributed by atoms with Gasteiger partial charge in [0.15, 0.2) is 17.3 Å². The zero-order valence-electron chi connectivity index (χ0n) is 15.8. The van der Waals surface area contributed by atoms with Gasteiger partial charge in [0.1, 0.15) is 6.04 Å². The van der Waals surface area contributed by atoms with E-state index in [0.717, 1.165) is 16.1 Å². The van der Waals surface area contributed by atoms with Gasteiger partial charge in [-0.3, -0.25) is 0 Å². The summed E-state index contributed by atoms with van der Waals surface area (Å²) < 4.78 is 12.7. The lowest BCUT2D eigenvalue weighted by atomic mass is 10.0. The fourth-order valence-corrected chi connectivity index (χ4v) is 3.94. The van der Waals surface area contributed by atoms with Gasteiger partial charge in [-0.1, -0.05) is 12.1 Å². The molecule has 1 aliphatic heterocycles. The minimum Gasteiger partial charge on any atom is -0.493 e. The second kappa shape index (κ2) is 8.04. The molecule has 28 heavy (non-hydrogen) atoms. The molecule has 0 spiro atoms. The largest absolute Gasteiger partial charge is 0.493 e. The Labute approximate surface area is 167 Å². The Bertz CT molecular complexity index is 982. The molecule has 4 rings (SSSR count). The molecule has 0 amide bonds. The summed E-state index contributed by atoms with van der Waals surface area (Å²) in [6.45, 7) is 0.120. The topological polar surface area (TPSA) is 81.4 Å². The molecular weight excluding hydrogens is 376 g/mol. The maximum absolute atomic E-state index is 9.12. The van der Waals surface area contributed by atoms with Crippen molar-refractivity contribution in [2.24, 2.45) is 0 Å². The molecule has 0 saturated heterocycles. The number of aryl methyl sites for hydroxylation is 1. The van der Waals surface area contributed by atoms with E-state index in [4.69, 9.17) is 14.6 Å². The van der Waals surface area contributed by atoms with E-state index in [1.807, 2.05) is 28.9 Å². The van der Waals surface area contributed by atoms with E-state index in [0.29, 0.717) is 36.1 Å². The molecule has 3 aromatic rings. The molecule has 2 N–H and O–H groups in total. The van der Waals surface area contributed by atoms with Crippen molar-refractivity contribution in [3.63, 3.8) is 0 Å². The van der Waals surface area contributed by atoms with Gasteiger partial charge in [-0.2, -0.15) is 10.1 Å². The number of allylic oxidation sites excluding steroid dienone is 1. The predicted molar refractivity (Wildman–Crippen MR) is 109 cm³/mol. The number of methoxy groups -OCH3 is 2. The summed E-state index contributed by atoms with van der Waals surface area (Å²) in [4.78, 5) is 5.77. The van der Waals surface area contributed by atoms with Gasteiger partial charge in [0.05, 0.1) is 24.8 Å². The summed E-state index contributed by atoms with van der Waals surface area (Å²) in [5.41, 5.74) is 2.02. The summed E-state index contributed by atoms with van der Waals surface area (Å²) in [5, 5.41) is 19.2. The zero-order valence-corrected chi connectivity index (χ0v) is 16.6. The van der Waals surface area contributed by atoms with Crippen molar-refractivity contribution < 1.29 is 14.6 Å². The van der Waals surface area contributed by atoms with E-state index in [-0.39, 0.29) is 12.6 Å². The SMILES string of the molecule is COc1ccc(C2C=C(c3cccs3)Nc3nc(CCCO)nn32)cc1OC. The van der Waals surface area contributed by atoms with Crippen LogP contribution < -0.4 is 14.8 Å². The lowest BCUT2D eigenvalue weighted by Gasteiger charge is -2.24. The molecule has 1 aliphatic rings. The number of thiophene rings is 1. The highest BCUT2D eigenvalue weighted by Gasteiger charge is 2.26. The molecule has 1 aromatic carbocycles. The molecule has 7 nitrogen and oxygen atoms in total. The van der Waals surface area contributed by atoms with E-state index in [2.05, 4.69) is 32.9 Å². The molecule has 2 aromatic heterocycles. The van der Waals surface area contributed by atoms with Crippen LogP contribution in [0.15, 0.2) is 41.8 Å². The number of hydrogen-bond acceptors (Lipinski definition) is 7. The number of nitrogens with one attached hydrogen (secondary N) is 1. The number of aromatic nitrogens is 3. The Morgan fingerprint density at radius 2 is 2.07 bits per heavy atom. The van der Waals surface area contributed by atoms with E-state index in [1.54, 1.807) is 25.6 Å². The first-order valence-electron chi connectivity index (χ1n) is 9.04. The van der Waals surface area contributed by atoms with Crippen LogP contribution in [0.4, 0.5) is 5.95 Å². The Morgan fingerprint density at radius 3 is 2.79 bits per heavy atom. The molecule has 0 aliphatic carbocycles. The van der Waals surface area contributed by atoms with Crippen LogP contribution in [0, 0.1) is 0 Å². The number of benzene rings is 1. The van der Waals surface area contributed by atoms with Crippen molar-refractivity contribution in [3.05, 3.63) is 58.1 Å². The summed E-state index contributed by atoms with van der Waals surface area (Å²) in [7, 11) is 3.25. The number of ether oxygens (including phenoxy) is 2. The number of hydrogen-bond donors (Lipinski definition) is 2. The summed E-state index contributed by atoms with van der Waals surface area (Å²) in [6.07, 6.45) is 3.41. The van der Waals surface area contributed by atoms with Crippen LogP contribution >= 0.6 is 11.3 Å². The summed E-state index contributed by atoms with van der Waals surface area (Å²) in [5.74, 6) is 2.76. The third kappa shape index (κ3) is 3.48. The predicted octanol–water partition coefficient (Wildman–Crippen LogP) is 3.34. The van der Waals surface area contributed by atoms with Crippen LogP contribution in [-0.4, -0.2) is 40.7 Å². The maximum atomic E-state index is 9.12. The van der Waals surface area contributed by atoms with E-state index in [1.165, 1.54) is 0 Å². The molecule has 8 heteroatoms. The van der Waals surface area contributed by atoms with Crippen molar-refractivity contribution in [1.29, 1.82) is 0 Å². The number of fused-ring (bicyclic) bond motifs is 1. The van der Waals surface area contributed by atoms with Crippen molar-refractivity contribution in [3.8, 4) is 11.5 Å². The zero-order chi connectivity index (χ0) is 19.5. The fraction of sp³-hybridized carbons (Fsp3) is 0.300. The van der Waals surface area contributed by atoms with Gasteiger partial charge in [0.2, 0.25) is 5.95 Å². The third-order valence-electron chi connectivity index (χ3n) is 4.60. The molecule has 3 heterocycles. The number of anilines is 1. The molecule has 0 fully saturated rings. The third-order valence-corrected chi connectivity index (χ3v) is 5.51. The summed E-state index contributed by atoms with van der Waals surface area (Å²) in [6, 6.07) is 9.85. The molecule has 146 valence electrons. The Balaban J connectivity index is 1.78. The molecule has 0 radical (unpaired) electrons. The highest BCUT2D eigenvalue weighted by atomic mass is 32.1. The van der Waals surface area contributed by atoms with Crippen molar-refractivity contribution >= 4 is 23.0 Å². The number of nitrogens with zero attached hydrogens (tertiary/aromatic N) is 3. The normalized spacial score (nSPS) is 15.5.